The molecule has 0 aromatic heterocycles. The van der Waals surface area contributed by atoms with Crippen molar-refractivity contribution in [3.05, 3.63) is 71.3 Å². The van der Waals surface area contributed by atoms with Gasteiger partial charge < -0.3 is 4.84 Å². The Morgan fingerprint density at radius 2 is 1.74 bits per heavy atom. The van der Waals surface area contributed by atoms with E-state index in [4.69, 9.17) is 11.6 Å². The van der Waals surface area contributed by atoms with Crippen LogP contribution >= 0.6 is 11.6 Å². The quantitative estimate of drug-likeness (QED) is 0.588. The first-order valence-electron chi connectivity index (χ1n) is 6.83. The molecular weight excluding hydrogens is 334 g/mol. The van der Waals surface area contributed by atoms with E-state index in [1.54, 1.807) is 24.3 Å². The summed E-state index contributed by atoms with van der Waals surface area (Å²) in [5.41, 5.74) is 0.898. The van der Waals surface area contributed by atoms with Crippen LogP contribution in [0.25, 0.3) is 6.08 Å². The van der Waals surface area contributed by atoms with Crippen molar-refractivity contribution in [1.29, 1.82) is 0 Å². The number of nitrogens with zero attached hydrogens (tertiary/aromatic N) is 1. The minimum atomic E-state index is -3.63. The van der Waals surface area contributed by atoms with Crippen LogP contribution in [0.15, 0.2) is 70.7 Å². The topological polar surface area (TPSA) is 55.7 Å². The molecule has 0 aliphatic rings. The monoisotopic (exact) mass is 349 g/mol. The van der Waals surface area contributed by atoms with Gasteiger partial charge in [0.25, 0.3) is 0 Å². The SMILES string of the molecule is CON=CC(C=Cc1ccccc1)S(=O)(=O)c1ccc(Cl)cc1. The maximum absolute atomic E-state index is 12.7. The average molecular weight is 350 g/mol. The summed E-state index contributed by atoms with van der Waals surface area (Å²) in [6, 6.07) is 15.5. The molecular formula is C17H16ClNO3S. The van der Waals surface area contributed by atoms with Gasteiger partial charge in [-0.3, -0.25) is 0 Å². The minimum absolute atomic E-state index is 0.173. The predicted octanol–water partition coefficient (Wildman–Crippen LogP) is 3.83. The molecule has 120 valence electrons. The van der Waals surface area contributed by atoms with E-state index in [1.807, 2.05) is 30.3 Å². The van der Waals surface area contributed by atoms with E-state index in [-0.39, 0.29) is 4.90 Å². The smallest absolute Gasteiger partial charge is 0.190 e. The first kappa shape index (κ1) is 17.2. The Morgan fingerprint density at radius 3 is 2.35 bits per heavy atom. The summed E-state index contributed by atoms with van der Waals surface area (Å²) >= 11 is 5.81. The number of hydrogen-bond acceptors (Lipinski definition) is 4. The highest BCUT2D eigenvalue weighted by Gasteiger charge is 2.24. The summed E-state index contributed by atoms with van der Waals surface area (Å²) in [6.45, 7) is 0. The van der Waals surface area contributed by atoms with Gasteiger partial charge in [-0.25, -0.2) is 8.42 Å². The van der Waals surface area contributed by atoms with Crippen LogP contribution in [0.1, 0.15) is 5.56 Å². The largest absolute Gasteiger partial charge is 0.399 e. The molecule has 2 aromatic carbocycles. The average Bonchev–Trinajstić information content (AvgIpc) is 2.56. The van der Waals surface area contributed by atoms with E-state index in [1.165, 1.54) is 25.5 Å². The van der Waals surface area contributed by atoms with Crippen LogP contribution in [0.5, 0.6) is 0 Å². The van der Waals surface area contributed by atoms with E-state index < -0.39 is 15.1 Å². The zero-order valence-electron chi connectivity index (χ0n) is 12.5. The van der Waals surface area contributed by atoms with Crippen LogP contribution in [0.2, 0.25) is 5.02 Å². The summed E-state index contributed by atoms with van der Waals surface area (Å²) in [5, 5.41) is 3.15. The summed E-state index contributed by atoms with van der Waals surface area (Å²) in [6.07, 6.45) is 4.56. The van der Waals surface area contributed by atoms with E-state index in [0.717, 1.165) is 5.56 Å². The Bertz CT molecular complexity index is 784. The molecule has 0 spiro atoms. The lowest BCUT2D eigenvalue weighted by Gasteiger charge is -2.09. The number of hydrogen-bond donors (Lipinski definition) is 0. The summed E-state index contributed by atoms with van der Waals surface area (Å²) in [4.78, 5) is 4.80. The Morgan fingerprint density at radius 1 is 1.09 bits per heavy atom. The molecule has 0 aliphatic heterocycles. The molecule has 2 rings (SSSR count). The number of halogens is 1. The molecule has 1 unspecified atom stereocenters. The summed E-state index contributed by atoms with van der Waals surface area (Å²) in [5.74, 6) is 0. The molecule has 2 aromatic rings. The minimum Gasteiger partial charge on any atom is -0.399 e. The lowest BCUT2D eigenvalue weighted by molar-refractivity contribution is 0.215. The number of benzene rings is 2. The fourth-order valence-electron chi connectivity index (χ4n) is 1.91. The second-order valence-corrected chi connectivity index (χ2v) is 7.21. The second kappa shape index (κ2) is 7.94. The van der Waals surface area contributed by atoms with Crippen molar-refractivity contribution in [3.63, 3.8) is 0 Å². The van der Waals surface area contributed by atoms with Crippen LogP contribution in [0.3, 0.4) is 0 Å². The van der Waals surface area contributed by atoms with Crippen LogP contribution in [-0.2, 0) is 14.7 Å². The molecule has 0 fully saturated rings. The van der Waals surface area contributed by atoms with Gasteiger partial charge in [-0.05, 0) is 29.8 Å². The zero-order chi connectivity index (χ0) is 16.7. The van der Waals surface area contributed by atoms with E-state index in [2.05, 4.69) is 9.99 Å². The summed E-state index contributed by atoms with van der Waals surface area (Å²) in [7, 11) is -2.27. The van der Waals surface area contributed by atoms with Gasteiger partial charge in [-0.15, -0.1) is 0 Å². The molecule has 0 heterocycles. The maximum atomic E-state index is 12.7. The molecule has 0 saturated heterocycles. The molecule has 0 radical (unpaired) electrons. The van der Waals surface area contributed by atoms with Crippen molar-refractivity contribution in [2.45, 2.75) is 10.1 Å². The first-order valence-corrected chi connectivity index (χ1v) is 8.76. The third-order valence-corrected chi connectivity index (χ3v) is 5.27. The molecule has 0 amide bonds. The number of sulfone groups is 1. The first-order chi connectivity index (χ1) is 11.0. The van der Waals surface area contributed by atoms with Gasteiger partial charge in [-0.1, -0.05) is 59.2 Å². The Hall–Kier alpha value is -2.11. The molecule has 0 N–H and O–H groups in total. The molecule has 0 saturated carbocycles. The molecule has 1 atom stereocenters. The van der Waals surface area contributed by atoms with Crippen molar-refractivity contribution < 1.29 is 13.3 Å². The third-order valence-electron chi connectivity index (χ3n) is 3.09. The van der Waals surface area contributed by atoms with Crippen LogP contribution in [0, 0.1) is 0 Å². The maximum Gasteiger partial charge on any atom is 0.190 e. The van der Waals surface area contributed by atoms with Gasteiger partial charge in [0.15, 0.2) is 9.84 Å². The fraction of sp³-hybridized carbons (Fsp3) is 0.118. The van der Waals surface area contributed by atoms with Gasteiger partial charge in [0.2, 0.25) is 0 Å². The lowest BCUT2D eigenvalue weighted by atomic mass is 10.2. The second-order valence-electron chi connectivity index (χ2n) is 4.67. The Labute approximate surface area is 141 Å². The van der Waals surface area contributed by atoms with Crippen molar-refractivity contribution >= 4 is 33.7 Å². The van der Waals surface area contributed by atoms with Crippen molar-refractivity contribution in [2.24, 2.45) is 5.16 Å². The molecule has 23 heavy (non-hydrogen) atoms. The molecule has 0 bridgehead atoms. The number of oxime groups is 1. The van der Waals surface area contributed by atoms with E-state index in [9.17, 15) is 8.42 Å². The fourth-order valence-corrected chi connectivity index (χ4v) is 3.36. The highest BCUT2D eigenvalue weighted by molar-refractivity contribution is 7.93. The van der Waals surface area contributed by atoms with Crippen molar-refractivity contribution in [3.8, 4) is 0 Å². The highest BCUT2D eigenvalue weighted by atomic mass is 35.5. The standard InChI is InChI=1S/C17H16ClNO3S/c1-22-19-13-17(10-7-14-5-3-2-4-6-14)23(20,21)16-11-8-15(18)9-12-16/h2-13,17H,1H3. The predicted molar refractivity (Wildman–Crippen MR) is 93.4 cm³/mol. The molecule has 0 aliphatic carbocycles. The molecule has 6 heteroatoms. The van der Waals surface area contributed by atoms with Crippen LogP contribution in [0.4, 0.5) is 0 Å². The van der Waals surface area contributed by atoms with Crippen molar-refractivity contribution in [1.82, 2.24) is 0 Å². The van der Waals surface area contributed by atoms with Gasteiger partial charge in [-0.2, -0.15) is 0 Å². The van der Waals surface area contributed by atoms with Gasteiger partial charge in [0.1, 0.15) is 12.4 Å². The third kappa shape index (κ3) is 4.68. The van der Waals surface area contributed by atoms with Crippen LogP contribution in [-0.4, -0.2) is 27.0 Å². The normalized spacial score (nSPS) is 13.5. The zero-order valence-corrected chi connectivity index (χ0v) is 14.0. The number of rotatable bonds is 6. The Kier molecular flexibility index (Phi) is 5.96. The highest BCUT2D eigenvalue weighted by Crippen LogP contribution is 2.19. The van der Waals surface area contributed by atoms with E-state index in [0.29, 0.717) is 5.02 Å². The van der Waals surface area contributed by atoms with Gasteiger partial charge >= 0.3 is 0 Å². The molecule has 4 nitrogen and oxygen atoms in total. The van der Waals surface area contributed by atoms with E-state index >= 15 is 0 Å². The lowest BCUT2D eigenvalue weighted by Crippen LogP contribution is -2.21. The van der Waals surface area contributed by atoms with Gasteiger partial charge in [0, 0.05) is 5.02 Å². The van der Waals surface area contributed by atoms with Crippen molar-refractivity contribution in [2.75, 3.05) is 7.11 Å². The van der Waals surface area contributed by atoms with Crippen LogP contribution < -0.4 is 0 Å². The van der Waals surface area contributed by atoms with Gasteiger partial charge in [0.05, 0.1) is 11.1 Å². The Balaban J connectivity index is 2.35. The summed E-state index contributed by atoms with van der Waals surface area (Å²) < 4.78 is 25.5.